The topological polar surface area (TPSA) is 74.3 Å². The molecule has 2 aromatic rings. The van der Waals surface area contributed by atoms with Crippen LogP contribution in [0.4, 0.5) is 0 Å². The summed E-state index contributed by atoms with van der Waals surface area (Å²) in [6.07, 6.45) is 5.94. The smallest absolute Gasteiger partial charge is 0.220 e. The van der Waals surface area contributed by atoms with E-state index in [9.17, 15) is 9.90 Å². The summed E-state index contributed by atoms with van der Waals surface area (Å²) < 4.78 is 5.36. The average Bonchev–Trinajstić information content (AvgIpc) is 2.93. The minimum atomic E-state index is -0.630. The van der Waals surface area contributed by atoms with Crippen molar-refractivity contribution in [1.29, 1.82) is 0 Å². The zero-order valence-electron chi connectivity index (χ0n) is 14.1. The van der Waals surface area contributed by atoms with Crippen LogP contribution in [0.3, 0.4) is 0 Å². The maximum atomic E-state index is 12.3. The van der Waals surface area contributed by atoms with E-state index < -0.39 is 6.10 Å². The summed E-state index contributed by atoms with van der Waals surface area (Å²) in [5, 5.41) is 14.6. The minimum Gasteiger partial charge on any atom is -0.388 e. The van der Waals surface area contributed by atoms with Gasteiger partial charge in [-0.05, 0) is 30.9 Å². The number of H-pyrrole nitrogens is 1. The number of aromatic nitrogens is 1. The molecule has 1 aliphatic carbocycles. The van der Waals surface area contributed by atoms with E-state index in [2.05, 4.69) is 16.4 Å². The van der Waals surface area contributed by atoms with Crippen molar-refractivity contribution in [1.82, 2.24) is 10.3 Å². The van der Waals surface area contributed by atoms with E-state index in [0.717, 1.165) is 36.8 Å². The van der Waals surface area contributed by atoms with E-state index in [0.29, 0.717) is 12.8 Å². The number of rotatable bonds is 5. The number of amides is 1. The van der Waals surface area contributed by atoms with Crippen LogP contribution in [0.1, 0.15) is 37.7 Å². The van der Waals surface area contributed by atoms with Gasteiger partial charge in [0, 0.05) is 30.6 Å². The molecule has 3 atom stereocenters. The van der Waals surface area contributed by atoms with Gasteiger partial charge in [0.25, 0.3) is 0 Å². The number of carbonyl (C=O) groups excluding carboxylic acids is 1. The van der Waals surface area contributed by atoms with Gasteiger partial charge < -0.3 is 20.1 Å². The first kappa shape index (κ1) is 17.0. The predicted octanol–water partition coefficient (Wildman–Crippen LogP) is 2.54. The molecular weight excluding hydrogens is 304 g/mol. The lowest BCUT2D eigenvalue weighted by molar-refractivity contribution is -0.123. The Kier molecular flexibility index (Phi) is 5.53. The summed E-state index contributed by atoms with van der Waals surface area (Å²) in [6.45, 7) is 0. The lowest BCUT2D eigenvalue weighted by Crippen LogP contribution is -2.48. The molecule has 5 heteroatoms. The molecule has 1 aromatic carbocycles. The van der Waals surface area contributed by atoms with Gasteiger partial charge in [0.05, 0.1) is 12.1 Å². The Balaban J connectivity index is 1.57. The van der Waals surface area contributed by atoms with Crippen molar-refractivity contribution in [3.63, 3.8) is 0 Å². The van der Waals surface area contributed by atoms with E-state index in [1.165, 1.54) is 5.39 Å². The van der Waals surface area contributed by atoms with Gasteiger partial charge in [-0.25, -0.2) is 0 Å². The molecule has 0 bridgehead atoms. The monoisotopic (exact) mass is 330 g/mol. The summed E-state index contributed by atoms with van der Waals surface area (Å²) in [6, 6.07) is 7.89. The van der Waals surface area contributed by atoms with Crippen LogP contribution in [0.25, 0.3) is 10.9 Å². The number of aromatic amines is 1. The van der Waals surface area contributed by atoms with Crippen LogP contribution >= 0.6 is 0 Å². The molecular formula is C19H26N2O3. The fourth-order valence-corrected chi connectivity index (χ4v) is 3.59. The second-order valence-corrected chi connectivity index (χ2v) is 6.58. The molecule has 0 unspecified atom stereocenters. The molecule has 1 amide bonds. The third kappa shape index (κ3) is 3.79. The van der Waals surface area contributed by atoms with Crippen molar-refractivity contribution in [3.8, 4) is 0 Å². The van der Waals surface area contributed by atoms with Crippen molar-refractivity contribution < 1.29 is 14.6 Å². The van der Waals surface area contributed by atoms with Crippen LogP contribution in [0.15, 0.2) is 30.5 Å². The van der Waals surface area contributed by atoms with Gasteiger partial charge in [0.15, 0.2) is 0 Å². The highest BCUT2D eigenvalue weighted by molar-refractivity contribution is 5.84. The van der Waals surface area contributed by atoms with Crippen LogP contribution in [-0.2, 0) is 16.0 Å². The van der Waals surface area contributed by atoms with E-state index in [4.69, 9.17) is 4.74 Å². The summed E-state index contributed by atoms with van der Waals surface area (Å²) in [5.41, 5.74) is 2.24. The van der Waals surface area contributed by atoms with Crippen molar-refractivity contribution >= 4 is 16.8 Å². The van der Waals surface area contributed by atoms with Crippen LogP contribution in [0.2, 0.25) is 0 Å². The number of aliphatic hydroxyl groups is 1. The Morgan fingerprint density at radius 1 is 1.33 bits per heavy atom. The molecule has 1 fully saturated rings. The van der Waals surface area contributed by atoms with Crippen LogP contribution < -0.4 is 5.32 Å². The normalized spacial score (nSPS) is 24.7. The lowest BCUT2D eigenvalue weighted by Gasteiger charge is -2.27. The average molecular weight is 330 g/mol. The van der Waals surface area contributed by atoms with E-state index in [-0.39, 0.29) is 18.1 Å². The molecule has 1 aromatic heterocycles. The molecule has 0 spiro atoms. The zero-order valence-corrected chi connectivity index (χ0v) is 14.1. The quantitative estimate of drug-likeness (QED) is 0.738. The van der Waals surface area contributed by atoms with Gasteiger partial charge in [-0.15, -0.1) is 0 Å². The van der Waals surface area contributed by atoms with E-state index in [1.54, 1.807) is 7.11 Å². The first-order valence-electron chi connectivity index (χ1n) is 8.74. The fraction of sp³-hybridized carbons (Fsp3) is 0.526. The van der Waals surface area contributed by atoms with Gasteiger partial charge in [0.2, 0.25) is 5.91 Å². The molecule has 0 saturated heterocycles. The fourth-order valence-electron chi connectivity index (χ4n) is 3.59. The van der Waals surface area contributed by atoms with Crippen molar-refractivity contribution in [2.45, 2.75) is 56.8 Å². The maximum Gasteiger partial charge on any atom is 0.220 e. The number of aliphatic hydroxyl groups excluding tert-OH is 1. The zero-order chi connectivity index (χ0) is 16.9. The Labute approximate surface area is 142 Å². The number of nitrogens with one attached hydrogen (secondary N) is 2. The second-order valence-electron chi connectivity index (χ2n) is 6.58. The Morgan fingerprint density at radius 2 is 2.12 bits per heavy atom. The molecule has 1 aliphatic rings. The molecule has 24 heavy (non-hydrogen) atoms. The molecule has 0 aliphatic heterocycles. The number of ether oxygens (including phenoxy) is 1. The number of benzene rings is 1. The van der Waals surface area contributed by atoms with Crippen molar-refractivity contribution in [3.05, 3.63) is 36.0 Å². The highest BCUT2D eigenvalue weighted by atomic mass is 16.5. The largest absolute Gasteiger partial charge is 0.388 e. The number of methoxy groups -OCH3 is 1. The molecule has 5 nitrogen and oxygen atoms in total. The summed E-state index contributed by atoms with van der Waals surface area (Å²) in [5.74, 6) is -0.0129. The summed E-state index contributed by atoms with van der Waals surface area (Å²) >= 11 is 0. The molecule has 3 N–H and O–H groups in total. The summed E-state index contributed by atoms with van der Waals surface area (Å²) in [7, 11) is 1.62. The SMILES string of the molecule is CO[C@@H]1CCCC[C@@H](NC(=O)CCc2c[nH]c3ccccc23)[C@H]1O. The third-order valence-electron chi connectivity index (χ3n) is 4.99. The van der Waals surface area contributed by atoms with Gasteiger partial charge in [-0.3, -0.25) is 4.79 Å². The molecule has 1 heterocycles. The van der Waals surface area contributed by atoms with Crippen LogP contribution in [0.5, 0.6) is 0 Å². The van der Waals surface area contributed by atoms with Gasteiger partial charge in [-0.2, -0.15) is 0 Å². The number of fused-ring (bicyclic) bond motifs is 1. The Hall–Kier alpha value is -1.85. The summed E-state index contributed by atoms with van der Waals surface area (Å²) in [4.78, 5) is 15.6. The Bertz CT molecular complexity index is 682. The van der Waals surface area contributed by atoms with Gasteiger partial charge in [0.1, 0.15) is 6.10 Å². The van der Waals surface area contributed by atoms with E-state index >= 15 is 0 Å². The molecule has 1 saturated carbocycles. The standard InChI is InChI=1S/C19H26N2O3/c1-24-17-9-5-4-8-16(19(17)23)21-18(22)11-10-13-12-20-15-7-3-2-6-14(13)15/h2-3,6-7,12,16-17,19-20,23H,4-5,8-11H2,1H3,(H,21,22)/t16-,17-,19-/m1/s1. The number of hydrogen-bond acceptors (Lipinski definition) is 3. The van der Waals surface area contributed by atoms with Gasteiger partial charge in [-0.1, -0.05) is 31.0 Å². The number of para-hydroxylation sites is 1. The van der Waals surface area contributed by atoms with E-state index in [1.807, 2.05) is 24.4 Å². The highest BCUT2D eigenvalue weighted by Crippen LogP contribution is 2.22. The third-order valence-corrected chi connectivity index (χ3v) is 4.99. The number of hydrogen-bond donors (Lipinski definition) is 3. The number of carbonyl (C=O) groups is 1. The first-order valence-corrected chi connectivity index (χ1v) is 8.74. The van der Waals surface area contributed by atoms with Crippen molar-refractivity contribution in [2.24, 2.45) is 0 Å². The Morgan fingerprint density at radius 3 is 2.96 bits per heavy atom. The highest BCUT2D eigenvalue weighted by Gasteiger charge is 2.30. The van der Waals surface area contributed by atoms with Crippen molar-refractivity contribution in [2.75, 3.05) is 7.11 Å². The minimum absolute atomic E-state index is 0.0129. The maximum absolute atomic E-state index is 12.3. The van der Waals surface area contributed by atoms with Crippen LogP contribution in [-0.4, -0.2) is 41.4 Å². The molecule has 0 radical (unpaired) electrons. The predicted molar refractivity (Wildman–Crippen MR) is 93.8 cm³/mol. The lowest BCUT2D eigenvalue weighted by atomic mass is 10.0. The molecule has 3 rings (SSSR count). The molecule has 130 valence electrons. The first-order chi connectivity index (χ1) is 11.7. The number of aryl methyl sites for hydroxylation is 1. The second kappa shape index (κ2) is 7.81. The van der Waals surface area contributed by atoms with Gasteiger partial charge >= 0.3 is 0 Å². The van der Waals surface area contributed by atoms with Crippen LogP contribution in [0, 0.1) is 0 Å².